The average molecular weight is 299 g/mol. The van der Waals surface area contributed by atoms with Crippen molar-refractivity contribution in [2.75, 3.05) is 18.4 Å². The lowest BCUT2D eigenvalue weighted by Crippen LogP contribution is -2.38. The van der Waals surface area contributed by atoms with Crippen LogP contribution in [-0.4, -0.2) is 29.8 Å². The number of carbonyl (C=O) groups excluding carboxylic acids is 1. The first-order valence-electron chi connectivity index (χ1n) is 6.88. The number of nitrogens with zero attached hydrogens (tertiary/aromatic N) is 1. The highest BCUT2D eigenvalue weighted by Gasteiger charge is 2.19. The molecule has 5 nitrogen and oxygen atoms in total. The van der Waals surface area contributed by atoms with Gasteiger partial charge < -0.3 is 15.4 Å². The van der Waals surface area contributed by atoms with Gasteiger partial charge in [0.25, 0.3) is 0 Å². The molecule has 0 aliphatic carbocycles. The number of amides is 1. The van der Waals surface area contributed by atoms with E-state index in [1.54, 1.807) is 17.5 Å². The van der Waals surface area contributed by atoms with Gasteiger partial charge in [0.2, 0.25) is 0 Å². The summed E-state index contributed by atoms with van der Waals surface area (Å²) in [6.45, 7) is 11.2. The summed E-state index contributed by atoms with van der Waals surface area (Å²) in [7, 11) is 0. The molecule has 1 rings (SSSR count). The average Bonchev–Trinajstić information content (AvgIpc) is 2.78. The van der Waals surface area contributed by atoms with Crippen molar-refractivity contribution in [3.8, 4) is 0 Å². The molecule has 2 N–H and O–H groups in total. The molecule has 114 valence electrons. The van der Waals surface area contributed by atoms with E-state index in [9.17, 15) is 4.79 Å². The number of carbonyl (C=O) groups is 1. The summed E-state index contributed by atoms with van der Waals surface area (Å²) in [5.41, 5.74) is -0.462. The lowest BCUT2D eigenvalue weighted by molar-refractivity contribution is 0.0516. The molecule has 1 aromatic rings. The van der Waals surface area contributed by atoms with Crippen molar-refractivity contribution in [3.05, 3.63) is 11.6 Å². The van der Waals surface area contributed by atoms with Crippen molar-refractivity contribution < 1.29 is 9.53 Å². The Morgan fingerprint density at radius 2 is 2.10 bits per heavy atom. The largest absolute Gasteiger partial charge is 0.444 e. The van der Waals surface area contributed by atoms with Crippen molar-refractivity contribution >= 4 is 22.6 Å². The zero-order valence-corrected chi connectivity index (χ0v) is 13.7. The van der Waals surface area contributed by atoms with Crippen molar-refractivity contribution in [3.63, 3.8) is 0 Å². The van der Waals surface area contributed by atoms with Gasteiger partial charge in [0.1, 0.15) is 5.60 Å². The van der Waals surface area contributed by atoms with E-state index in [4.69, 9.17) is 4.74 Å². The minimum absolute atomic E-state index is 0.325. The number of anilines is 1. The Balaban J connectivity index is 2.37. The van der Waals surface area contributed by atoms with Crippen LogP contribution >= 0.6 is 11.3 Å². The third-order valence-electron chi connectivity index (χ3n) is 2.80. The summed E-state index contributed by atoms with van der Waals surface area (Å²) in [6, 6.07) is 0. The third-order valence-corrected chi connectivity index (χ3v) is 3.53. The van der Waals surface area contributed by atoms with Crippen molar-refractivity contribution in [2.45, 2.75) is 40.2 Å². The number of hydrogen-bond donors (Lipinski definition) is 2. The molecule has 1 atom stereocenters. The van der Waals surface area contributed by atoms with Crippen LogP contribution in [0.2, 0.25) is 0 Å². The molecule has 1 amide bonds. The quantitative estimate of drug-likeness (QED) is 0.845. The van der Waals surface area contributed by atoms with Gasteiger partial charge in [0, 0.05) is 24.7 Å². The van der Waals surface area contributed by atoms with E-state index in [0.717, 1.165) is 11.7 Å². The van der Waals surface area contributed by atoms with E-state index in [2.05, 4.69) is 29.5 Å². The predicted molar refractivity (Wildman–Crippen MR) is 83.2 cm³/mol. The molecule has 0 aliphatic rings. The van der Waals surface area contributed by atoms with Gasteiger partial charge in [-0.15, -0.1) is 11.3 Å². The molecule has 1 heterocycles. The van der Waals surface area contributed by atoms with Crippen molar-refractivity contribution in [2.24, 2.45) is 11.8 Å². The molecule has 20 heavy (non-hydrogen) atoms. The normalized spacial score (nSPS) is 13.1. The van der Waals surface area contributed by atoms with Crippen LogP contribution in [0.1, 0.15) is 34.6 Å². The van der Waals surface area contributed by atoms with Crippen molar-refractivity contribution in [1.29, 1.82) is 0 Å². The van der Waals surface area contributed by atoms with Gasteiger partial charge >= 0.3 is 6.09 Å². The molecule has 0 aromatic carbocycles. The molecule has 1 aromatic heterocycles. The standard InChI is InChI=1S/C14H25N3O2S/c1-10(2)11(8-16-12-15-6-7-20-12)9-17-13(18)19-14(3,4)5/h6-7,10-11H,8-9H2,1-5H3,(H,15,16)(H,17,18). The van der Waals surface area contributed by atoms with Crippen molar-refractivity contribution in [1.82, 2.24) is 10.3 Å². The van der Waals surface area contributed by atoms with Gasteiger partial charge in [0.05, 0.1) is 0 Å². The minimum Gasteiger partial charge on any atom is -0.444 e. The van der Waals surface area contributed by atoms with E-state index in [1.807, 2.05) is 26.2 Å². The second-order valence-electron chi connectivity index (χ2n) is 6.11. The smallest absolute Gasteiger partial charge is 0.407 e. The fourth-order valence-corrected chi connectivity index (χ4v) is 2.14. The van der Waals surface area contributed by atoms with Gasteiger partial charge in [-0.25, -0.2) is 9.78 Å². The van der Waals surface area contributed by atoms with E-state index in [0.29, 0.717) is 18.4 Å². The van der Waals surface area contributed by atoms with Gasteiger partial charge in [-0.2, -0.15) is 0 Å². The van der Waals surface area contributed by atoms with Crippen LogP contribution in [0.4, 0.5) is 9.93 Å². The van der Waals surface area contributed by atoms with Gasteiger partial charge in [-0.1, -0.05) is 13.8 Å². The number of nitrogens with one attached hydrogen (secondary N) is 2. The Kier molecular flexibility index (Phi) is 6.26. The maximum absolute atomic E-state index is 11.7. The zero-order valence-electron chi connectivity index (χ0n) is 12.9. The fraction of sp³-hybridized carbons (Fsp3) is 0.714. The highest BCUT2D eigenvalue weighted by Crippen LogP contribution is 2.15. The SMILES string of the molecule is CC(C)C(CNC(=O)OC(C)(C)C)CNc1nccs1. The molecular weight excluding hydrogens is 274 g/mol. The Hall–Kier alpha value is -1.30. The molecule has 0 aliphatic heterocycles. The monoisotopic (exact) mass is 299 g/mol. The number of alkyl carbamates (subject to hydrolysis) is 1. The highest BCUT2D eigenvalue weighted by atomic mass is 32.1. The number of thiazole rings is 1. The summed E-state index contributed by atoms with van der Waals surface area (Å²) in [5, 5.41) is 8.97. The van der Waals surface area contributed by atoms with Gasteiger partial charge in [-0.3, -0.25) is 0 Å². The lowest BCUT2D eigenvalue weighted by Gasteiger charge is -2.24. The molecule has 0 fully saturated rings. The predicted octanol–water partition coefficient (Wildman–Crippen LogP) is 3.35. The molecule has 0 spiro atoms. The number of rotatable bonds is 6. The number of hydrogen-bond acceptors (Lipinski definition) is 5. The molecule has 0 radical (unpaired) electrons. The van der Waals surface area contributed by atoms with E-state index < -0.39 is 5.60 Å². The first-order valence-corrected chi connectivity index (χ1v) is 7.76. The highest BCUT2D eigenvalue weighted by molar-refractivity contribution is 7.13. The van der Waals surface area contributed by atoms with Crippen LogP contribution in [0.5, 0.6) is 0 Å². The van der Waals surface area contributed by atoms with Crippen LogP contribution in [-0.2, 0) is 4.74 Å². The lowest BCUT2D eigenvalue weighted by atomic mass is 9.96. The first-order chi connectivity index (χ1) is 9.28. The van der Waals surface area contributed by atoms with Crippen LogP contribution in [0.25, 0.3) is 0 Å². The fourth-order valence-electron chi connectivity index (χ4n) is 1.60. The second kappa shape index (κ2) is 7.47. The second-order valence-corrected chi connectivity index (χ2v) is 7.00. The van der Waals surface area contributed by atoms with Gasteiger partial charge in [-0.05, 0) is 32.6 Å². The summed E-state index contributed by atoms with van der Waals surface area (Å²) in [4.78, 5) is 15.8. The van der Waals surface area contributed by atoms with E-state index in [-0.39, 0.29) is 6.09 Å². The Labute approximate surface area is 125 Å². The molecule has 0 saturated carbocycles. The topological polar surface area (TPSA) is 63.2 Å². The molecular formula is C14H25N3O2S. The summed E-state index contributed by atoms with van der Waals surface area (Å²) in [5.74, 6) is 0.781. The third kappa shape index (κ3) is 6.75. The van der Waals surface area contributed by atoms with Crippen LogP contribution in [0, 0.1) is 11.8 Å². The Bertz CT molecular complexity index is 399. The minimum atomic E-state index is -0.462. The maximum Gasteiger partial charge on any atom is 0.407 e. The van der Waals surface area contributed by atoms with E-state index in [1.165, 1.54) is 0 Å². The number of ether oxygens (including phenoxy) is 1. The summed E-state index contributed by atoms with van der Waals surface area (Å²) in [6.07, 6.45) is 1.41. The molecule has 6 heteroatoms. The van der Waals surface area contributed by atoms with Crippen LogP contribution in [0.15, 0.2) is 11.6 Å². The molecule has 0 bridgehead atoms. The van der Waals surface area contributed by atoms with Crippen LogP contribution in [0.3, 0.4) is 0 Å². The number of aromatic nitrogens is 1. The van der Waals surface area contributed by atoms with E-state index >= 15 is 0 Å². The molecule has 1 unspecified atom stereocenters. The van der Waals surface area contributed by atoms with Crippen LogP contribution < -0.4 is 10.6 Å². The first kappa shape index (κ1) is 16.8. The summed E-state index contributed by atoms with van der Waals surface area (Å²) < 4.78 is 5.24. The molecule has 0 saturated heterocycles. The maximum atomic E-state index is 11.7. The summed E-state index contributed by atoms with van der Waals surface area (Å²) >= 11 is 1.57. The van der Waals surface area contributed by atoms with Gasteiger partial charge in [0.15, 0.2) is 5.13 Å². The zero-order chi connectivity index (χ0) is 15.2. The Morgan fingerprint density at radius 1 is 1.40 bits per heavy atom. The Morgan fingerprint density at radius 3 is 2.60 bits per heavy atom.